The number of carbonyl (C=O) groups excluding carboxylic acids is 1. The number of nitrogens with zero attached hydrogens (tertiary/aromatic N) is 1. The van der Waals surface area contributed by atoms with Gasteiger partial charge >= 0.3 is 0 Å². The molecular formula is C16H24FN3O. The third kappa shape index (κ3) is 3.94. The molecule has 3 N–H and O–H groups in total. The Morgan fingerprint density at radius 3 is 2.81 bits per heavy atom. The second-order valence-corrected chi connectivity index (χ2v) is 6.41. The maximum Gasteiger partial charge on any atom is 0.239 e. The Bertz CT molecular complexity index is 525. The summed E-state index contributed by atoms with van der Waals surface area (Å²) in [7, 11) is 0. The fourth-order valence-corrected chi connectivity index (χ4v) is 2.66. The second kappa shape index (κ2) is 6.02. The lowest BCUT2D eigenvalue weighted by molar-refractivity contribution is -0.126. The molecule has 1 aliphatic rings. The van der Waals surface area contributed by atoms with Crippen LogP contribution in [-0.2, 0) is 4.79 Å². The Morgan fingerprint density at radius 1 is 1.48 bits per heavy atom. The van der Waals surface area contributed by atoms with E-state index in [4.69, 9.17) is 5.73 Å². The monoisotopic (exact) mass is 293 g/mol. The van der Waals surface area contributed by atoms with Gasteiger partial charge in [-0.25, -0.2) is 4.39 Å². The van der Waals surface area contributed by atoms with Crippen LogP contribution in [-0.4, -0.2) is 30.6 Å². The Kier molecular flexibility index (Phi) is 4.52. The number of piperidine rings is 1. The van der Waals surface area contributed by atoms with Gasteiger partial charge in [0.2, 0.25) is 5.91 Å². The Labute approximate surface area is 125 Å². The number of benzene rings is 1. The average Bonchev–Trinajstić information content (AvgIpc) is 2.37. The average molecular weight is 293 g/mol. The van der Waals surface area contributed by atoms with Crippen LogP contribution < -0.4 is 16.0 Å². The zero-order valence-electron chi connectivity index (χ0n) is 12.9. The van der Waals surface area contributed by atoms with E-state index in [-0.39, 0.29) is 17.8 Å². The summed E-state index contributed by atoms with van der Waals surface area (Å²) < 4.78 is 13.2. The molecule has 2 rings (SSSR count). The van der Waals surface area contributed by atoms with E-state index in [1.807, 2.05) is 13.0 Å². The summed E-state index contributed by atoms with van der Waals surface area (Å²) in [6, 6.07) is 4.91. The fourth-order valence-electron chi connectivity index (χ4n) is 2.66. The highest BCUT2D eigenvalue weighted by Crippen LogP contribution is 2.24. The van der Waals surface area contributed by atoms with Crippen LogP contribution in [0, 0.1) is 12.7 Å². The van der Waals surface area contributed by atoms with Crippen molar-refractivity contribution in [1.29, 1.82) is 0 Å². The van der Waals surface area contributed by atoms with Gasteiger partial charge in [-0.15, -0.1) is 0 Å². The van der Waals surface area contributed by atoms with Crippen molar-refractivity contribution in [3.8, 4) is 0 Å². The van der Waals surface area contributed by atoms with Gasteiger partial charge in [0.25, 0.3) is 0 Å². The summed E-state index contributed by atoms with van der Waals surface area (Å²) >= 11 is 0. The van der Waals surface area contributed by atoms with Crippen LogP contribution >= 0.6 is 0 Å². The van der Waals surface area contributed by atoms with Gasteiger partial charge in [0.1, 0.15) is 5.82 Å². The van der Waals surface area contributed by atoms with Crippen molar-refractivity contribution in [2.24, 2.45) is 5.73 Å². The van der Waals surface area contributed by atoms with Crippen molar-refractivity contribution < 1.29 is 9.18 Å². The third-order valence-electron chi connectivity index (χ3n) is 3.84. The van der Waals surface area contributed by atoms with Gasteiger partial charge in [-0.05, 0) is 57.4 Å². The molecule has 0 radical (unpaired) electrons. The maximum absolute atomic E-state index is 13.2. The number of amides is 1. The van der Waals surface area contributed by atoms with E-state index >= 15 is 0 Å². The van der Waals surface area contributed by atoms with Crippen LogP contribution in [0.5, 0.6) is 0 Å². The highest BCUT2D eigenvalue weighted by atomic mass is 19.1. The molecule has 1 amide bonds. The van der Waals surface area contributed by atoms with Crippen molar-refractivity contribution in [3.05, 3.63) is 29.6 Å². The molecule has 1 atom stereocenters. The van der Waals surface area contributed by atoms with Crippen molar-refractivity contribution in [3.63, 3.8) is 0 Å². The van der Waals surface area contributed by atoms with Crippen LogP contribution in [0.15, 0.2) is 18.2 Å². The molecule has 5 heteroatoms. The number of anilines is 1. The lowest BCUT2D eigenvalue weighted by Crippen LogP contribution is -2.56. The molecule has 1 aliphatic heterocycles. The van der Waals surface area contributed by atoms with Gasteiger partial charge in [0.05, 0.1) is 5.54 Å². The summed E-state index contributed by atoms with van der Waals surface area (Å²) in [5, 5.41) is 3.01. The molecule has 116 valence electrons. The lowest BCUT2D eigenvalue weighted by atomic mass is 10.0. The molecule has 0 aliphatic carbocycles. The molecule has 1 unspecified atom stereocenters. The van der Waals surface area contributed by atoms with E-state index in [2.05, 4.69) is 10.2 Å². The summed E-state index contributed by atoms with van der Waals surface area (Å²) in [5.74, 6) is -0.354. The quantitative estimate of drug-likeness (QED) is 0.895. The molecule has 1 aromatic carbocycles. The normalized spacial score (nSPS) is 19.5. The molecule has 1 fully saturated rings. The first-order valence-corrected chi connectivity index (χ1v) is 7.38. The van der Waals surface area contributed by atoms with Crippen LogP contribution in [0.4, 0.5) is 10.1 Å². The molecular weight excluding hydrogens is 269 g/mol. The van der Waals surface area contributed by atoms with E-state index < -0.39 is 5.54 Å². The number of halogens is 1. The number of rotatable bonds is 3. The van der Waals surface area contributed by atoms with E-state index in [1.54, 1.807) is 19.9 Å². The number of carbonyl (C=O) groups is 1. The minimum Gasteiger partial charge on any atom is -0.369 e. The number of hydrogen-bond donors (Lipinski definition) is 2. The molecule has 0 saturated carbocycles. The Balaban J connectivity index is 2.05. The van der Waals surface area contributed by atoms with Gasteiger partial charge in [0.15, 0.2) is 0 Å². The fraction of sp³-hybridized carbons (Fsp3) is 0.562. The molecule has 0 spiro atoms. The first-order chi connectivity index (χ1) is 9.77. The molecule has 1 saturated heterocycles. The summed E-state index contributed by atoms with van der Waals surface area (Å²) in [4.78, 5) is 14.2. The van der Waals surface area contributed by atoms with Crippen LogP contribution in [0.25, 0.3) is 0 Å². The highest BCUT2D eigenvalue weighted by Gasteiger charge is 2.27. The highest BCUT2D eigenvalue weighted by molar-refractivity contribution is 5.85. The van der Waals surface area contributed by atoms with Crippen molar-refractivity contribution in [2.75, 3.05) is 18.0 Å². The van der Waals surface area contributed by atoms with Crippen LogP contribution in [0.1, 0.15) is 32.3 Å². The molecule has 21 heavy (non-hydrogen) atoms. The Morgan fingerprint density at radius 2 is 2.19 bits per heavy atom. The molecule has 0 bridgehead atoms. The van der Waals surface area contributed by atoms with E-state index in [9.17, 15) is 9.18 Å². The van der Waals surface area contributed by atoms with Crippen molar-refractivity contribution in [1.82, 2.24) is 5.32 Å². The number of hydrogen-bond acceptors (Lipinski definition) is 3. The Hall–Kier alpha value is -1.62. The van der Waals surface area contributed by atoms with Crippen LogP contribution in [0.2, 0.25) is 0 Å². The maximum atomic E-state index is 13.2. The predicted molar refractivity (Wildman–Crippen MR) is 82.8 cm³/mol. The smallest absolute Gasteiger partial charge is 0.239 e. The largest absolute Gasteiger partial charge is 0.369 e. The molecule has 0 aromatic heterocycles. The SMILES string of the molecule is Cc1cc(F)ccc1N1CCCC(NC(=O)C(C)(C)N)C1. The first-order valence-electron chi connectivity index (χ1n) is 7.38. The molecule has 1 aromatic rings. The standard InChI is InChI=1S/C16H24FN3O/c1-11-9-12(17)6-7-14(11)20-8-4-5-13(10-20)19-15(21)16(2,3)18/h6-7,9,13H,4-5,8,10,18H2,1-3H3,(H,19,21). The summed E-state index contributed by atoms with van der Waals surface area (Å²) in [6.07, 6.45) is 1.94. The van der Waals surface area contributed by atoms with Gasteiger partial charge in [-0.2, -0.15) is 0 Å². The number of aryl methyl sites for hydroxylation is 1. The zero-order valence-corrected chi connectivity index (χ0v) is 12.9. The van der Waals surface area contributed by atoms with Gasteiger partial charge in [0, 0.05) is 24.8 Å². The minimum atomic E-state index is -0.867. The number of nitrogens with two attached hydrogens (primary N) is 1. The van der Waals surface area contributed by atoms with E-state index in [1.165, 1.54) is 6.07 Å². The molecule has 4 nitrogen and oxygen atoms in total. The third-order valence-corrected chi connectivity index (χ3v) is 3.84. The lowest BCUT2D eigenvalue weighted by Gasteiger charge is -2.36. The summed E-state index contributed by atoms with van der Waals surface area (Å²) in [5.41, 5.74) is 6.90. The van der Waals surface area contributed by atoms with E-state index in [0.29, 0.717) is 0 Å². The van der Waals surface area contributed by atoms with Gasteiger partial charge < -0.3 is 16.0 Å². The summed E-state index contributed by atoms with van der Waals surface area (Å²) in [6.45, 7) is 6.96. The van der Waals surface area contributed by atoms with E-state index in [0.717, 1.165) is 37.2 Å². The zero-order chi connectivity index (χ0) is 15.6. The van der Waals surface area contributed by atoms with Crippen molar-refractivity contribution >= 4 is 11.6 Å². The molecule has 1 heterocycles. The van der Waals surface area contributed by atoms with Crippen molar-refractivity contribution in [2.45, 2.75) is 45.2 Å². The van der Waals surface area contributed by atoms with Crippen LogP contribution in [0.3, 0.4) is 0 Å². The second-order valence-electron chi connectivity index (χ2n) is 6.41. The minimum absolute atomic E-state index is 0.0820. The topological polar surface area (TPSA) is 58.4 Å². The van der Waals surface area contributed by atoms with Gasteiger partial charge in [-0.3, -0.25) is 4.79 Å². The van der Waals surface area contributed by atoms with Gasteiger partial charge in [-0.1, -0.05) is 0 Å². The predicted octanol–water partition coefficient (Wildman–Crippen LogP) is 1.96. The first kappa shape index (κ1) is 15.8. The number of nitrogens with one attached hydrogen (secondary N) is 1.